The fraction of sp³-hybridized carbons (Fsp3) is 0.700. The molecule has 2 atom stereocenters. The monoisotopic (exact) mass is 195 g/mol. The molecule has 78 valence electrons. The van der Waals surface area contributed by atoms with Crippen molar-refractivity contribution in [2.75, 3.05) is 6.54 Å². The molecule has 0 spiro atoms. The molecule has 0 saturated heterocycles. The Bertz CT molecular complexity index is 262. The van der Waals surface area contributed by atoms with Crippen LogP contribution in [0.25, 0.3) is 0 Å². The summed E-state index contributed by atoms with van der Waals surface area (Å²) in [4.78, 5) is 10.9. The number of carbonyl (C=O) groups excluding carboxylic acids is 1. The van der Waals surface area contributed by atoms with Crippen LogP contribution in [0.15, 0.2) is 11.8 Å². The number of amides is 1. The van der Waals surface area contributed by atoms with Gasteiger partial charge in [0.1, 0.15) is 0 Å². The van der Waals surface area contributed by atoms with E-state index in [2.05, 4.69) is 10.6 Å². The van der Waals surface area contributed by atoms with E-state index in [1.165, 1.54) is 12.8 Å². The van der Waals surface area contributed by atoms with Crippen molar-refractivity contribution in [3.05, 3.63) is 11.8 Å². The first-order chi connectivity index (χ1) is 6.75. The van der Waals surface area contributed by atoms with Crippen molar-refractivity contribution in [1.82, 2.24) is 10.6 Å². The molecular weight excluding hydrogens is 178 g/mol. The Morgan fingerprint density at radius 3 is 2.86 bits per heavy atom. The van der Waals surface area contributed by atoms with Crippen LogP contribution < -0.4 is 16.4 Å². The van der Waals surface area contributed by atoms with Crippen molar-refractivity contribution in [2.45, 2.75) is 37.8 Å². The van der Waals surface area contributed by atoms with E-state index < -0.39 is 0 Å². The molecule has 1 saturated carbocycles. The topological polar surface area (TPSA) is 67.1 Å². The van der Waals surface area contributed by atoms with Crippen LogP contribution in [-0.4, -0.2) is 24.5 Å². The van der Waals surface area contributed by atoms with Gasteiger partial charge in [-0.2, -0.15) is 0 Å². The highest BCUT2D eigenvalue weighted by atomic mass is 16.1. The summed E-state index contributed by atoms with van der Waals surface area (Å²) in [6.07, 6.45) is 6.30. The fourth-order valence-corrected chi connectivity index (χ4v) is 2.11. The molecule has 1 amide bonds. The summed E-state index contributed by atoms with van der Waals surface area (Å²) in [7, 11) is 0. The van der Waals surface area contributed by atoms with Crippen molar-refractivity contribution >= 4 is 5.91 Å². The van der Waals surface area contributed by atoms with Crippen molar-refractivity contribution in [2.24, 2.45) is 5.73 Å². The normalized spacial score (nSPS) is 32.4. The van der Waals surface area contributed by atoms with E-state index in [-0.39, 0.29) is 11.9 Å². The first kappa shape index (κ1) is 9.52. The Morgan fingerprint density at radius 1 is 1.43 bits per heavy atom. The summed E-state index contributed by atoms with van der Waals surface area (Å²) in [5, 5.41) is 6.09. The van der Waals surface area contributed by atoms with Crippen LogP contribution in [-0.2, 0) is 4.79 Å². The van der Waals surface area contributed by atoms with Crippen molar-refractivity contribution in [3.63, 3.8) is 0 Å². The lowest BCUT2D eigenvalue weighted by atomic mass is 9.91. The van der Waals surface area contributed by atoms with Crippen molar-refractivity contribution in [1.29, 1.82) is 0 Å². The molecule has 1 heterocycles. The highest BCUT2D eigenvalue weighted by molar-refractivity contribution is 5.90. The average molecular weight is 195 g/mol. The van der Waals surface area contributed by atoms with Gasteiger partial charge in [-0.25, -0.2) is 0 Å². The molecule has 0 aromatic heterocycles. The summed E-state index contributed by atoms with van der Waals surface area (Å²) >= 11 is 0. The van der Waals surface area contributed by atoms with Gasteiger partial charge in [0, 0.05) is 23.9 Å². The first-order valence-electron chi connectivity index (χ1n) is 5.26. The van der Waals surface area contributed by atoms with Crippen LogP contribution >= 0.6 is 0 Å². The van der Waals surface area contributed by atoms with Crippen LogP contribution in [0.2, 0.25) is 0 Å². The highest BCUT2D eigenvalue weighted by Gasteiger charge is 2.23. The second-order valence-electron chi connectivity index (χ2n) is 4.09. The van der Waals surface area contributed by atoms with E-state index in [0.717, 1.165) is 18.5 Å². The standard InChI is InChI=1S/C10H17N3O/c11-8-3-1-2-4-9(8)13-7-5-10(14)12-6-7/h5,8-9,13H,1-4,6,11H2,(H,12,14)/t8-,9-/m1/s1. The van der Waals surface area contributed by atoms with Crippen LogP contribution in [0.3, 0.4) is 0 Å². The zero-order valence-electron chi connectivity index (χ0n) is 8.25. The maximum absolute atomic E-state index is 10.9. The fourth-order valence-electron chi connectivity index (χ4n) is 2.11. The largest absolute Gasteiger partial charge is 0.382 e. The zero-order valence-corrected chi connectivity index (χ0v) is 8.25. The molecule has 1 aliphatic carbocycles. The molecule has 4 heteroatoms. The lowest BCUT2D eigenvalue weighted by Crippen LogP contribution is -2.47. The number of hydrogen-bond donors (Lipinski definition) is 3. The molecule has 1 aliphatic heterocycles. The van der Waals surface area contributed by atoms with Crippen LogP contribution in [0, 0.1) is 0 Å². The summed E-state index contributed by atoms with van der Waals surface area (Å²) in [6, 6.07) is 0.586. The first-order valence-corrected chi connectivity index (χ1v) is 5.26. The predicted molar refractivity (Wildman–Crippen MR) is 54.5 cm³/mol. The maximum Gasteiger partial charge on any atom is 0.246 e. The molecule has 4 N–H and O–H groups in total. The van der Waals surface area contributed by atoms with E-state index in [9.17, 15) is 4.79 Å². The minimum Gasteiger partial charge on any atom is -0.382 e. The van der Waals surface area contributed by atoms with Gasteiger partial charge in [-0.15, -0.1) is 0 Å². The van der Waals surface area contributed by atoms with E-state index in [1.807, 2.05) is 0 Å². The number of rotatable bonds is 2. The van der Waals surface area contributed by atoms with E-state index >= 15 is 0 Å². The number of nitrogens with one attached hydrogen (secondary N) is 2. The van der Waals surface area contributed by atoms with Gasteiger partial charge in [-0.3, -0.25) is 4.79 Å². The minimum atomic E-state index is -0.00289. The molecule has 0 bridgehead atoms. The van der Waals surface area contributed by atoms with Gasteiger partial charge in [0.05, 0.1) is 6.54 Å². The van der Waals surface area contributed by atoms with Gasteiger partial charge in [0.2, 0.25) is 5.91 Å². The molecular formula is C10H17N3O. The molecule has 2 rings (SSSR count). The molecule has 14 heavy (non-hydrogen) atoms. The molecule has 1 fully saturated rings. The average Bonchev–Trinajstić information content (AvgIpc) is 2.56. The van der Waals surface area contributed by atoms with Gasteiger partial charge in [0.15, 0.2) is 0 Å². The molecule has 0 radical (unpaired) electrons. The Morgan fingerprint density at radius 2 is 2.21 bits per heavy atom. The lowest BCUT2D eigenvalue weighted by molar-refractivity contribution is -0.115. The molecule has 4 nitrogen and oxygen atoms in total. The third-order valence-corrected chi connectivity index (χ3v) is 2.95. The highest BCUT2D eigenvalue weighted by Crippen LogP contribution is 2.18. The summed E-state index contributed by atoms with van der Waals surface area (Å²) < 4.78 is 0. The van der Waals surface area contributed by atoms with E-state index in [4.69, 9.17) is 5.73 Å². The van der Waals surface area contributed by atoms with Crippen LogP contribution in [0.5, 0.6) is 0 Å². The number of nitrogens with two attached hydrogens (primary N) is 1. The minimum absolute atomic E-state index is 0.00289. The maximum atomic E-state index is 10.9. The number of hydrogen-bond acceptors (Lipinski definition) is 3. The molecule has 0 aromatic rings. The molecule has 0 aromatic carbocycles. The predicted octanol–water partition coefficient (Wildman–Crippen LogP) is -0.140. The van der Waals surface area contributed by atoms with Gasteiger partial charge in [-0.05, 0) is 12.8 Å². The van der Waals surface area contributed by atoms with E-state index in [1.54, 1.807) is 6.08 Å². The summed E-state index contributed by atoms with van der Waals surface area (Å²) in [5.41, 5.74) is 6.98. The second-order valence-corrected chi connectivity index (χ2v) is 4.09. The summed E-state index contributed by atoms with van der Waals surface area (Å²) in [6.45, 7) is 0.627. The van der Waals surface area contributed by atoms with Gasteiger partial charge in [-0.1, -0.05) is 12.8 Å². The zero-order chi connectivity index (χ0) is 9.97. The smallest absolute Gasteiger partial charge is 0.246 e. The number of carbonyl (C=O) groups is 1. The molecule has 2 aliphatic rings. The Labute approximate surface area is 83.9 Å². The van der Waals surface area contributed by atoms with Crippen LogP contribution in [0.4, 0.5) is 0 Å². The second kappa shape index (κ2) is 4.00. The quantitative estimate of drug-likeness (QED) is 0.574. The lowest BCUT2D eigenvalue weighted by Gasteiger charge is -2.30. The van der Waals surface area contributed by atoms with Crippen LogP contribution in [0.1, 0.15) is 25.7 Å². The third-order valence-electron chi connectivity index (χ3n) is 2.95. The van der Waals surface area contributed by atoms with E-state index in [0.29, 0.717) is 12.6 Å². The SMILES string of the molecule is N[C@@H]1CCCC[C@H]1NC1=CC(=O)NC1. The Hall–Kier alpha value is -1.03. The van der Waals surface area contributed by atoms with Crippen molar-refractivity contribution < 1.29 is 4.79 Å². The van der Waals surface area contributed by atoms with Gasteiger partial charge < -0.3 is 16.4 Å². The third kappa shape index (κ3) is 2.07. The van der Waals surface area contributed by atoms with Crippen molar-refractivity contribution in [3.8, 4) is 0 Å². The van der Waals surface area contributed by atoms with Gasteiger partial charge in [0.25, 0.3) is 0 Å². The Balaban J connectivity index is 1.89. The Kier molecular flexibility index (Phi) is 2.72. The molecule has 0 unspecified atom stereocenters. The summed E-state index contributed by atoms with van der Waals surface area (Å²) in [5.74, 6) is -0.00289. The van der Waals surface area contributed by atoms with Gasteiger partial charge >= 0.3 is 0 Å².